The first-order chi connectivity index (χ1) is 13.2. The van der Waals surface area contributed by atoms with E-state index in [1.54, 1.807) is 7.11 Å². The predicted molar refractivity (Wildman–Crippen MR) is 104 cm³/mol. The molecule has 0 unspecified atom stereocenters. The lowest BCUT2D eigenvalue weighted by Gasteiger charge is -2.07. The number of hydrogen-bond acceptors (Lipinski definition) is 6. The zero-order chi connectivity index (χ0) is 18.6. The summed E-state index contributed by atoms with van der Waals surface area (Å²) in [6.07, 6.45) is 0.968. The number of rotatable bonds is 6. The number of methoxy groups -OCH3 is 1. The van der Waals surface area contributed by atoms with Crippen molar-refractivity contribution in [3.05, 3.63) is 53.4 Å². The summed E-state index contributed by atoms with van der Waals surface area (Å²) in [4.78, 5) is 16.8. The van der Waals surface area contributed by atoms with Gasteiger partial charge in [0.15, 0.2) is 16.6 Å². The summed E-state index contributed by atoms with van der Waals surface area (Å²) in [5, 5.41) is 5.35. The molecule has 0 bridgehead atoms. The standard InChI is InChI=1S/C20H18N2O4S/c1-24-16-5-3-2-4-13(16)7-9-19(23)22-20-21-15(11-27-20)14-6-8-17-18(10-14)26-12-25-17/h2-6,8,10-11H,7,9,12H2,1H3,(H,21,22,23). The van der Waals surface area contributed by atoms with Crippen LogP contribution in [0.1, 0.15) is 12.0 Å². The van der Waals surface area contributed by atoms with Gasteiger partial charge >= 0.3 is 0 Å². The minimum Gasteiger partial charge on any atom is -0.496 e. The second-order valence-electron chi connectivity index (χ2n) is 5.97. The molecular weight excluding hydrogens is 364 g/mol. The van der Waals surface area contributed by atoms with Crippen molar-refractivity contribution in [2.24, 2.45) is 0 Å². The van der Waals surface area contributed by atoms with E-state index in [0.29, 0.717) is 23.7 Å². The first-order valence-corrected chi connectivity index (χ1v) is 9.38. The molecule has 0 spiro atoms. The molecule has 1 aromatic heterocycles. The Bertz CT molecular complexity index is 970. The zero-order valence-electron chi connectivity index (χ0n) is 14.7. The highest BCUT2D eigenvalue weighted by Crippen LogP contribution is 2.36. The SMILES string of the molecule is COc1ccccc1CCC(=O)Nc1nc(-c2ccc3c(c2)OCO3)cs1. The molecule has 6 nitrogen and oxygen atoms in total. The first-order valence-electron chi connectivity index (χ1n) is 8.50. The van der Waals surface area contributed by atoms with Gasteiger partial charge in [0.25, 0.3) is 0 Å². The molecule has 1 aliphatic rings. The number of nitrogens with one attached hydrogen (secondary N) is 1. The Morgan fingerprint density at radius 3 is 2.96 bits per heavy atom. The lowest BCUT2D eigenvalue weighted by Crippen LogP contribution is -2.12. The van der Waals surface area contributed by atoms with Crippen molar-refractivity contribution in [1.29, 1.82) is 0 Å². The van der Waals surface area contributed by atoms with Crippen LogP contribution in [-0.2, 0) is 11.2 Å². The second kappa shape index (κ2) is 7.67. The van der Waals surface area contributed by atoms with Crippen molar-refractivity contribution in [3.63, 3.8) is 0 Å². The average Bonchev–Trinajstić information content (AvgIpc) is 3.35. The van der Waals surface area contributed by atoms with Crippen LogP contribution in [0.3, 0.4) is 0 Å². The van der Waals surface area contributed by atoms with E-state index in [1.165, 1.54) is 11.3 Å². The molecule has 1 aliphatic heterocycles. The average molecular weight is 382 g/mol. The fraction of sp³-hybridized carbons (Fsp3) is 0.200. The molecule has 7 heteroatoms. The quantitative estimate of drug-likeness (QED) is 0.694. The summed E-state index contributed by atoms with van der Waals surface area (Å²) >= 11 is 1.40. The number of amides is 1. The van der Waals surface area contributed by atoms with Crippen molar-refractivity contribution in [3.8, 4) is 28.5 Å². The molecule has 1 amide bonds. The van der Waals surface area contributed by atoms with E-state index in [9.17, 15) is 4.79 Å². The molecule has 0 fully saturated rings. The molecular formula is C20H18N2O4S. The monoisotopic (exact) mass is 382 g/mol. The molecule has 1 N–H and O–H groups in total. The van der Waals surface area contributed by atoms with Gasteiger partial charge in [0.1, 0.15) is 5.75 Å². The lowest BCUT2D eigenvalue weighted by molar-refractivity contribution is -0.116. The summed E-state index contributed by atoms with van der Waals surface area (Å²) < 4.78 is 16.0. The van der Waals surface area contributed by atoms with Gasteiger partial charge in [0.05, 0.1) is 12.8 Å². The van der Waals surface area contributed by atoms with E-state index in [4.69, 9.17) is 14.2 Å². The molecule has 2 heterocycles. The maximum atomic E-state index is 12.3. The molecule has 0 saturated carbocycles. The van der Waals surface area contributed by atoms with Crippen LogP contribution in [0, 0.1) is 0 Å². The maximum Gasteiger partial charge on any atom is 0.231 e. The van der Waals surface area contributed by atoms with Crippen molar-refractivity contribution >= 4 is 22.4 Å². The Labute approximate surface area is 160 Å². The van der Waals surface area contributed by atoms with Gasteiger partial charge in [-0.15, -0.1) is 11.3 Å². The van der Waals surface area contributed by atoms with Crippen LogP contribution in [0.2, 0.25) is 0 Å². The van der Waals surface area contributed by atoms with Crippen LogP contribution in [0.4, 0.5) is 5.13 Å². The molecule has 0 radical (unpaired) electrons. The van der Waals surface area contributed by atoms with Gasteiger partial charge in [0.2, 0.25) is 12.7 Å². The molecule has 0 atom stereocenters. The van der Waals surface area contributed by atoms with Crippen LogP contribution >= 0.6 is 11.3 Å². The third-order valence-electron chi connectivity index (χ3n) is 4.23. The van der Waals surface area contributed by atoms with Gasteiger partial charge < -0.3 is 19.5 Å². The van der Waals surface area contributed by atoms with Crippen molar-refractivity contribution in [2.75, 3.05) is 19.2 Å². The third kappa shape index (κ3) is 3.88. The number of aryl methyl sites for hydroxylation is 1. The Hall–Kier alpha value is -3.06. The van der Waals surface area contributed by atoms with Crippen LogP contribution < -0.4 is 19.5 Å². The number of benzene rings is 2. The van der Waals surface area contributed by atoms with E-state index >= 15 is 0 Å². The number of para-hydroxylation sites is 1. The molecule has 3 aromatic rings. The summed E-state index contributed by atoms with van der Waals surface area (Å²) in [7, 11) is 1.63. The topological polar surface area (TPSA) is 69.7 Å². The number of anilines is 1. The van der Waals surface area contributed by atoms with E-state index in [-0.39, 0.29) is 12.7 Å². The van der Waals surface area contributed by atoms with Crippen LogP contribution in [0.25, 0.3) is 11.3 Å². The van der Waals surface area contributed by atoms with Gasteiger partial charge in [-0.1, -0.05) is 18.2 Å². The van der Waals surface area contributed by atoms with Crippen molar-refractivity contribution in [1.82, 2.24) is 4.98 Å². The minimum atomic E-state index is -0.0764. The summed E-state index contributed by atoms with van der Waals surface area (Å²) in [6, 6.07) is 13.4. The Kier molecular flexibility index (Phi) is 4.93. The number of carbonyl (C=O) groups excluding carboxylic acids is 1. The molecule has 138 valence electrons. The van der Waals surface area contributed by atoms with E-state index in [2.05, 4.69) is 10.3 Å². The van der Waals surface area contributed by atoms with Crippen LogP contribution in [0.5, 0.6) is 17.2 Å². The van der Waals surface area contributed by atoms with Crippen LogP contribution in [-0.4, -0.2) is 24.8 Å². The van der Waals surface area contributed by atoms with E-state index in [0.717, 1.165) is 28.3 Å². The molecule has 0 saturated heterocycles. The minimum absolute atomic E-state index is 0.0764. The Morgan fingerprint density at radius 2 is 2.07 bits per heavy atom. The van der Waals surface area contributed by atoms with Gasteiger partial charge in [-0.25, -0.2) is 4.98 Å². The van der Waals surface area contributed by atoms with Gasteiger partial charge in [-0.05, 0) is 36.2 Å². The number of nitrogens with zero attached hydrogens (tertiary/aromatic N) is 1. The van der Waals surface area contributed by atoms with Gasteiger partial charge in [-0.2, -0.15) is 0 Å². The fourth-order valence-electron chi connectivity index (χ4n) is 2.86. The number of aromatic nitrogens is 1. The fourth-order valence-corrected chi connectivity index (χ4v) is 3.59. The highest BCUT2D eigenvalue weighted by Gasteiger charge is 2.15. The van der Waals surface area contributed by atoms with E-state index < -0.39 is 0 Å². The van der Waals surface area contributed by atoms with Crippen molar-refractivity contribution in [2.45, 2.75) is 12.8 Å². The summed E-state index contributed by atoms with van der Waals surface area (Å²) in [5.74, 6) is 2.17. The summed E-state index contributed by atoms with van der Waals surface area (Å²) in [5.41, 5.74) is 2.72. The molecule has 0 aliphatic carbocycles. The van der Waals surface area contributed by atoms with Gasteiger partial charge in [0, 0.05) is 17.4 Å². The third-order valence-corrected chi connectivity index (χ3v) is 4.99. The lowest BCUT2D eigenvalue weighted by atomic mass is 10.1. The highest BCUT2D eigenvalue weighted by molar-refractivity contribution is 7.14. The summed E-state index contributed by atoms with van der Waals surface area (Å²) in [6.45, 7) is 0.239. The predicted octanol–water partition coefficient (Wildman–Crippen LogP) is 4.12. The highest BCUT2D eigenvalue weighted by atomic mass is 32.1. The zero-order valence-corrected chi connectivity index (χ0v) is 15.5. The maximum absolute atomic E-state index is 12.3. The largest absolute Gasteiger partial charge is 0.496 e. The first kappa shape index (κ1) is 17.4. The Morgan fingerprint density at radius 1 is 1.22 bits per heavy atom. The van der Waals surface area contributed by atoms with Crippen molar-refractivity contribution < 1.29 is 19.0 Å². The normalized spacial score (nSPS) is 12.0. The second-order valence-corrected chi connectivity index (χ2v) is 6.82. The van der Waals surface area contributed by atoms with Crippen LogP contribution in [0.15, 0.2) is 47.8 Å². The number of ether oxygens (including phenoxy) is 3. The molecule has 4 rings (SSSR count). The van der Waals surface area contributed by atoms with Gasteiger partial charge in [-0.3, -0.25) is 4.79 Å². The number of carbonyl (C=O) groups is 1. The number of fused-ring (bicyclic) bond motifs is 1. The Balaban J connectivity index is 1.38. The smallest absolute Gasteiger partial charge is 0.231 e. The number of hydrogen-bond donors (Lipinski definition) is 1. The van der Waals surface area contributed by atoms with E-state index in [1.807, 2.05) is 47.8 Å². The molecule has 27 heavy (non-hydrogen) atoms. The number of thiazole rings is 1. The molecule has 2 aromatic carbocycles.